The molecule has 1 aliphatic heterocycles. The Hall–Kier alpha value is -2.59. The molecule has 1 heterocycles. The van der Waals surface area contributed by atoms with Crippen molar-refractivity contribution in [1.82, 2.24) is 0 Å². The summed E-state index contributed by atoms with van der Waals surface area (Å²) in [4.78, 5) is 39.4. The zero-order valence-electron chi connectivity index (χ0n) is 23.8. The van der Waals surface area contributed by atoms with Crippen molar-refractivity contribution in [3.8, 4) is 0 Å². The molecule has 3 fully saturated rings. The highest BCUT2D eigenvalue weighted by molar-refractivity contribution is 5.93. The lowest BCUT2D eigenvalue weighted by Crippen LogP contribution is -2.77. The van der Waals surface area contributed by atoms with Crippen LogP contribution in [-0.4, -0.2) is 75.3 Å². The van der Waals surface area contributed by atoms with Crippen molar-refractivity contribution < 1.29 is 43.9 Å². The van der Waals surface area contributed by atoms with E-state index in [1.165, 1.54) is 6.92 Å². The zero-order valence-corrected chi connectivity index (χ0v) is 23.8. The van der Waals surface area contributed by atoms with Crippen molar-refractivity contribution in [1.29, 1.82) is 0 Å². The van der Waals surface area contributed by atoms with Crippen molar-refractivity contribution in [2.45, 2.75) is 102 Å². The van der Waals surface area contributed by atoms with E-state index >= 15 is 0 Å². The Morgan fingerprint density at radius 3 is 2.38 bits per heavy atom. The Morgan fingerprint density at radius 1 is 1.10 bits per heavy atom. The summed E-state index contributed by atoms with van der Waals surface area (Å²) >= 11 is 0. The van der Waals surface area contributed by atoms with Crippen LogP contribution in [0.15, 0.2) is 41.5 Å². The van der Waals surface area contributed by atoms with E-state index in [1.807, 2.05) is 30.3 Å². The summed E-state index contributed by atoms with van der Waals surface area (Å²) < 4.78 is 17.5. The lowest BCUT2D eigenvalue weighted by Gasteiger charge is -2.65. The Labute approximate surface area is 234 Å². The molecule has 9 heteroatoms. The minimum absolute atomic E-state index is 0.0176. The number of aliphatic hydroxyl groups is 3. The maximum absolute atomic E-state index is 14.2. The fourth-order valence-electron chi connectivity index (χ4n) is 7.83. The number of carbonyl (C=O) groups excluding carboxylic acids is 3. The molecule has 2 unspecified atom stereocenters. The molecule has 5 rings (SSSR count). The monoisotopic (exact) mass is 556 g/mol. The minimum Gasteiger partial charge on any atom is -0.458 e. The maximum Gasteiger partial charge on any atom is 0.306 e. The van der Waals surface area contributed by atoms with Crippen LogP contribution in [0.1, 0.15) is 65.9 Å². The summed E-state index contributed by atoms with van der Waals surface area (Å²) in [7, 11) is 0. The molecule has 9 nitrogen and oxygen atoms in total. The number of aliphatic hydroxyl groups excluding tert-OH is 2. The van der Waals surface area contributed by atoms with E-state index in [1.54, 1.807) is 27.7 Å². The van der Waals surface area contributed by atoms with Crippen LogP contribution < -0.4 is 0 Å². The number of ketones is 1. The number of ether oxygens (including phenoxy) is 3. The topological polar surface area (TPSA) is 140 Å². The van der Waals surface area contributed by atoms with Gasteiger partial charge >= 0.3 is 11.9 Å². The highest BCUT2D eigenvalue weighted by Crippen LogP contribution is 2.63. The second-order valence-electron chi connectivity index (χ2n) is 12.8. The molecule has 2 saturated carbocycles. The van der Waals surface area contributed by atoms with Gasteiger partial charge in [-0.3, -0.25) is 14.4 Å². The quantitative estimate of drug-likeness (QED) is 0.369. The molecule has 0 amide bonds. The number of rotatable bonds is 5. The third-order valence-electron chi connectivity index (χ3n) is 10.4. The van der Waals surface area contributed by atoms with E-state index in [-0.39, 0.29) is 32.3 Å². The standard InChI is InChI=1S/C31H40O9/c1-17-20(39-24(34)12-11-19-9-7-6-8-10-19)14-30(37)15-21-29(5,27(36)26(35)25(17)28(30,3)4)22(33)13-23-31(21,16-38-23)40-18(2)32/h6-10,20-23,26,33,35,37H,11-16H2,1-5H3/t20?,21-,22+,23?,26-,29+,30-,31-/m1/s1. The van der Waals surface area contributed by atoms with E-state index in [0.29, 0.717) is 17.6 Å². The lowest BCUT2D eigenvalue weighted by atomic mass is 9.46. The molecule has 1 saturated heterocycles. The van der Waals surface area contributed by atoms with Gasteiger partial charge < -0.3 is 29.5 Å². The van der Waals surface area contributed by atoms with E-state index < -0.39 is 70.1 Å². The predicted octanol–water partition coefficient (Wildman–Crippen LogP) is 2.43. The number of carbonyl (C=O) groups is 3. The third kappa shape index (κ3) is 4.16. The highest BCUT2D eigenvalue weighted by Gasteiger charge is 2.73. The summed E-state index contributed by atoms with van der Waals surface area (Å²) in [5, 5.41) is 35.4. The molecule has 3 N–H and O–H groups in total. The van der Waals surface area contributed by atoms with E-state index in [0.717, 1.165) is 5.56 Å². The number of hydrogen-bond donors (Lipinski definition) is 3. The summed E-state index contributed by atoms with van der Waals surface area (Å²) in [6, 6.07) is 9.56. The molecule has 0 radical (unpaired) electrons. The fourth-order valence-corrected chi connectivity index (χ4v) is 7.83. The first kappa shape index (κ1) is 28.9. The average molecular weight is 557 g/mol. The van der Waals surface area contributed by atoms with Gasteiger partial charge in [0.15, 0.2) is 11.4 Å². The normalized spacial score (nSPS) is 40.1. The molecule has 4 aliphatic rings. The molecule has 40 heavy (non-hydrogen) atoms. The van der Waals surface area contributed by atoms with Crippen LogP contribution in [0.3, 0.4) is 0 Å². The van der Waals surface area contributed by atoms with Gasteiger partial charge in [-0.25, -0.2) is 0 Å². The van der Waals surface area contributed by atoms with Crippen molar-refractivity contribution in [2.75, 3.05) is 6.61 Å². The van der Waals surface area contributed by atoms with Gasteiger partial charge in [0.1, 0.15) is 18.3 Å². The molecule has 0 aromatic heterocycles. The SMILES string of the molecule is CC(=O)O[C@@]12COC1C[C@H](O)[C@@]1(C)C(=O)[C@H](O)C3=C(C)C(OC(=O)CCc4ccccc4)C[C@@](O)(C[C@H]12)C3(C)C. The van der Waals surface area contributed by atoms with Gasteiger partial charge in [0.05, 0.1) is 23.7 Å². The van der Waals surface area contributed by atoms with Crippen LogP contribution in [0.5, 0.6) is 0 Å². The second-order valence-corrected chi connectivity index (χ2v) is 12.8. The van der Waals surface area contributed by atoms with Gasteiger partial charge in [-0.1, -0.05) is 44.2 Å². The molecular weight excluding hydrogens is 516 g/mol. The van der Waals surface area contributed by atoms with Gasteiger partial charge in [0.2, 0.25) is 0 Å². The smallest absolute Gasteiger partial charge is 0.306 e. The fraction of sp³-hybridized carbons (Fsp3) is 0.645. The summed E-state index contributed by atoms with van der Waals surface area (Å²) in [6.07, 6.45) is -3.70. The van der Waals surface area contributed by atoms with Crippen LogP contribution in [0.25, 0.3) is 0 Å². The van der Waals surface area contributed by atoms with Crippen molar-refractivity contribution in [2.24, 2.45) is 16.7 Å². The molecular formula is C31H40O9. The molecule has 1 aromatic rings. The molecule has 3 aliphatic carbocycles. The highest BCUT2D eigenvalue weighted by atomic mass is 16.6. The van der Waals surface area contributed by atoms with Crippen molar-refractivity contribution >= 4 is 17.7 Å². The van der Waals surface area contributed by atoms with Crippen LogP contribution >= 0.6 is 0 Å². The van der Waals surface area contributed by atoms with E-state index in [2.05, 4.69) is 0 Å². The van der Waals surface area contributed by atoms with Crippen LogP contribution in [0, 0.1) is 16.7 Å². The van der Waals surface area contributed by atoms with Gasteiger partial charge in [-0.2, -0.15) is 0 Å². The Morgan fingerprint density at radius 2 is 1.77 bits per heavy atom. The summed E-state index contributed by atoms with van der Waals surface area (Å²) in [5.74, 6) is -2.47. The van der Waals surface area contributed by atoms with Gasteiger partial charge in [0, 0.05) is 37.5 Å². The van der Waals surface area contributed by atoms with Crippen LogP contribution in [0.2, 0.25) is 0 Å². The first-order valence-corrected chi connectivity index (χ1v) is 14.1. The first-order chi connectivity index (χ1) is 18.7. The predicted molar refractivity (Wildman–Crippen MR) is 143 cm³/mol. The van der Waals surface area contributed by atoms with Gasteiger partial charge in [-0.05, 0) is 43.4 Å². The van der Waals surface area contributed by atoms with Gasteiger partial charge in [0.25, 0.3) is 0 Å². The Bertz CT molecular complexity index is 1240. The average Bonchev–Trinajstić information content (AvgIpc) is 2.88. The molecule has 1 aromatic carbocycles. The van der Waals surface area contributed by atoms with Crippen LogP contribution in [0.4, 0.5) is 0 Å². The Kier molecular flexibility index (Phi) is 7.05. The van der Waals surface area contributed by atoms with E-state index in [4.69, 9.17) is 14.2 Å². The molecule has 218 valence electrons. The number of Topliss-reactive ketones (excluding diaryl/α,β-unsaturated/α-hetero) is 1. The number of hydrogen-bond acceptors (Lipinski definition) is 9. The van der Waals surface area contributed by atoms with E-state index in [9.17, 15) is 29.7 Å². The molecule has 8 atom stereocenters. The van der Waals surface area contributed by atoms with Gasteiger partial charge in [-0.15, -0.1) is 0 Å². The summed E-state index contributed by atoms with van der Waals surface area (Å²) in [6.45, 7) is 8.14. The van der Waals surface area contributed by atoms with Crippen molar-refractivity contribution in [3.05, 3.63) is 47.0 Å². The maximum atomic E-state index is 14.2. The zero-order chi connectivity index (χ0) is 29.3. The molecule has 0 spiro atoms. The number of fused-ring (bicyclic) bond motifs is 5. The van der Waals surface area contributed by atoms with Crippen LogP contribution in [-0.2, 0) is 35.0 Å². The lowest BCUT2D eigenvalue weighted by molar-refractivity contribution is -0.327. The molecule has 2 bridgehead atoms. The number of esters is 2. The number of aryl methyl sites for hydroxylation is 1. The minimum atomic E-state index is -1.67. The number of benzene rings is 1. The first-order valence-electron chi connectivity index (χ1n) is 14.1. The third-order valence-corrected chi connectivity index (χ3v) is 10.4. The summed E-state index contributed by atoms with van der Waals surface area (Å²) in [5.41, 5.74) is -3.62. The Balaban J connectivity index is 1.54. The largest absolute Gasteiger partial charge is 0.458 e. The second kappa shape index (κ2) is 9.76. The van der Waals surface area contributed by atoms with Crippen molar-refractivity contribution in [3.63, 3.8) is 0 Å².